The quantitative estimate of drug-likeness (QED) is 0.638. The molecule has 1 aliphatic rings. The number of aryl methyl sites for hydroxylation is 1. The van der Waals surface area contributed by atoms with E-state index in [0.717, 1.165) is 17.5 Å². The Balaban J connectivity index is 1.42. The van der Waals surface area contributed by atoms with E-state index in [9.17, 15) is 9.59 Å². The highest BCUT2D eigenvalue weighted by molar-refractivity contribution is 6.32. The maximum atomic E-state index is 12.7. The van der Waals surface area contributed by atoms with E-state index in [0.29, 0.717) is 23.6 Å². The molecule has 2 aromatic carbocycles. The number of halogens is 1. The molecule has 0 aliphatic heterocycles. The third-order valence-electron chi connectivity index (χ3n) is 4.86. The largest absolute Gasteiger partial charge is 0.476 e. The number of rotatable bonds is 8. The van der Waals surface area contributed by atoms with Gasteiger partial charge in [-0.1, -0.05) is 48.0 Å². The van der Waals surface area contributed by atoms with Crippen LogP contribution >= 0.6 is 11.6 Å². The lowest BCUT2D eigenvalue weighted by molar-refractivity contribution is -0.144. The Morgan fingerprint density at radius 3 is 2.48 bits per heavy atom. The summed E-state index contributed by atoms with van der Waals surface area (Å²) in [6.07, 6.45) is 1.66. The number of carbonyl (C=O) groups is 2. The second kappa shape index (κ2) is 9.65. The highest BCUT2D eigenvalue weighted by Gasteiger charge is 2.47. The summed E-state index contributed by atoms with van der Waals surface area (Å²) in [6.45, 7) is 2.69. The summed E-state index contributed by atoms with van der Waals surface area (Å²) in [4.78, 5) is 24.4. The first kappa shape index (κ1) is 21.0. The molecule has 0 spiro atoms. The normalized spacial score (nSPS) is 14.4. The molecule has 3 rings (SSSR count). The number of ether oxygens (including phenoxy) is 2. The minimum atomic E-state index is -0.898. The molecule has 2 amide bonds. The van der Waals surface area contributed by atoms with Crippen LogP contribution in [0.15, 0.2) is 48.5 Å². The fourth-order valence-electron chi connectivity index (χ4n) is 3.05. The Morgan fingerprint density at radius 1 is 1.07 bits per heavy atom. The van der Waals surface area contributed by atoms with Crippen molar-refractivity contribution in [3.05, 3.63) is 64.7 Å². The van der Waals surface area contributed by atoms with Gasteiger partial charge in [0.05, 0.1) is 5.02 Å². The van der Waals surface area contributed by atoms with Crippen LogP contribution in [0.4, 0.5) is 4.79 Å². The summed E-state index contributed by atoms with van der Waals surface area (Å²) >= 11 is 6.21. The lowest BCUT2D eigenvalue weighted by Gasteiger charge is -2.40. The van der Waals surface area contributed by atoms with Gasteiger partial charge in [0.2, 0.25) is 0 Å². The Kier molecular flexibility index (Phi) is 6.99. The van der Waals surface area contributed by atoms with Crippen LogP contribution in [0.1, 0.15) is 30.4 Å². The Hall–Kier alpha value is -2.73. The predicted octanol–water partition coefficient (Wildman–Crippen LogP) is 3.99. The molecule has 7 heteroatoms. The van der Waals surface area contributed by atoms with Crippen molar-refractivity contribution in [2.75, 3.05) is 13.1 Å². The fraction of sp³-hybridized carbons (Fsp3) is 0.364. The van der Waals surface area contributed by atoms with Crippen molar-refractivity contribution in [2.45, 2.75) is 38.4 Å². The van der Waals surface area contributed by atoms with Crippen molar-refractivity contribution in [1.82, 2.24) is 10.6 Å². The first-order chi connectivity index (χ1) is 14.0. The van der Waals surface area contributed by atoms with Gasteiger partial charge in [0.25, 0.3) is 5.91 Å². The van der Waals surface area contributed by atoms with Gasteiger partial charge in [0.1, 0.15) is 12.4 Å². The molecule has 1 saturated carbocycles. The summed E-state index contributed by atoms with van der Waals surface area (Å²) in [7, 11) is 0. The van der Waals surface area contributed by atoms with Crippen LogP contribution in [0, 0.1) is 6.92 Å². The van der Waals surface area contributed by atoms with Gasteiger partial charge in [-0.25, -0.2) is 4.79 Å². The highest BCUT2D eigenvalue weighted by Crippen LogP contribution is 2.39. The van der Waals surface area contributed by atoms with E-state index >= 15 is 0 Å². The summed E-state index contributed by atoms with van der Waals surface area (Å²) in [6, 6.07) is 14.9. The van der Waals surface area contributed by atoms with E-state index in [1.165, 1.54) is 0 Å². The lowest BCUT2D eigenvalue weighted by Crippen LogP contribution is -2.56. The van der Waals surface area contributed by atoms with Crippen LogP contribution in [-0.2, 0) is 16.1 Å². The first-order valence-corrected chi connectivity index (χ1v) is 10.0. The van der Waals surface area contributed by atoms with Crippen LogP contribution in [0.3, 0.4) is 0 Å². The fourth-order valence-corrected chi connectivity index (χ4v) is 3.20. The van der Waals surface area contributed by atoms with Crippen LogP contribution < -0.4 is 15.4 Å². The molecule has 1 fully saturated rings. The zero-order valence-corrected chi connectivity index (χ0v) is 17.1. The predicted molar refractivity (Wildman–Crippen MR) is 111 cm³/mol. The van der Waals surface area contributed by atoms with Crippen molar-refractivity contribution >= 4 is 23.6 Å². The molecule has 0 aromatic heterocycles. The number of benzene rings is 2. The summed E-state index contributed by atoms with van der Waals surface area (Å²) in [5.74, 6) is 0.324. The van der Waals surface area contributed by atoms with Gasteiger partial charge >= 0.3 is 6.09 Å². The monoisotopic (exact) mass is 416 g/mol. The van der Waals surface area contributed by atoms with Crippen LogP contribution in [-0.4, -0.2) is 30.7 Å². The number of nitrogens with one attached hydrogen (secondary N) is 2. The molecule has 29 heavy (non-hydrogen) atoms. The van der Waals surface area contributed by atoms with E-state index in [1.807, 2.05) is 49.4 Å². The van der Waals surface area contributed by atoms with Gasteiger partial charge in [0.15, 0.2) is 5.60 Å². The molecule has 1 aliphatic carbocycles. The third kappa shape index (κ3) is 5.64. The minimum Gasteiger partial charge on any atom is -0.476 e. The van der Waals surface area contributed by atoms with Crippen LogP contribution in [0.25, 0.3) is 0 Å². The number of hydrogen-bond acceptors (Lipinski definition) is 4. The van der Waals surface area contributed by atoms with Crippen molar-refractivity contribution in [3.63, 3.8) is 0 Å². The summed E-state index contributed by atoms with van der Waals surface area (Å²) < 4.78 is 11.2. The van der Waals surface area contributed by atoms with E-state index in [4.69, 9.17) is 21.1 Å². The molecule has 0 atom stereocenters. The second-order valence-electron chi connectivity index (χ2n) is 7.13. The smallest absolute Gasteiger partial charge is 0.407 e. The molecular weight excluding hydrogens is 392 g/mol. The Labute approximate surface area is 175 Å². The number of amides is 2. The molecular formula is C22H25ClN2O4. The molecule has 0 radical (unpaired) electrons. The Morgan fingerprint density at radius 2 is 1.79 bits per heavy atom. The van der Waals surface area contributed by atoms with E-state index in [-0.39, 0.29) is 25.6 Å². The number of hydrogen-bond donors (Lipinski definition) is 2. The van der Waals surface area contributed by atoms with Crippen molar-refractivity contribution in [1.29, 1.82) is 0 Å². The third-order valence-corrected chi connectivity index (χ3v) is 5.17. The molecule has 0 saturated heterocycles. The molecule has 0 unspecified atom stereocenters. The standard InChI is InChI=1S/C22H25ClN2O4/c1-16-8-9-18(23)19(14-16)29-22(10-5-11-22)20(26)24-12-13-25-21(27)28-15-17-6-3-2-4-7-17/h2-4,6-9,14H,5,10-13,15H2,1H3,(H,24,26)(H,25,27). The van der Waals surface area contributed by atoms with E-state index in [2.05, 4.69) is 10.6 Å². The highest BCUT2D eigenvalue weighted by atomic mass is 35.5. The first-order valence-electron chi connectivity index (χ1n) is 9.66. The van der Waals surface area contributed by atoms with Gasteiger partial charge < -0.3 is 20.1 Å². The lowest BCUT2D eigenvalue weighted by atomic mass is 9.79. The Bertz CT molecular complexity index is 853. The van der Waals surface area contributed by atoms with Crippen LogP contribution in [0.5, 0.6) is 5.75 Å². The van der Waals surface area contributed by atoms with Gasteiger partial charge in [-0.3, -0.25) is 4.79 Å². The molecule has 0 heterocycles. The minimum absolute atomic E-state index is 0.194. The molecule has 0 bridgehead atoms. The SMILES string of the molecule is Cc1ccc(Cl)c(OC2(C(=O)NCCNC(=O)OCc3ccccc3)CCC2)c1. The van der Waals surface area contributed by atoms with Gasteiger partial charge in [0, 0.05) is 13.1 Å². The zero-order valence-electron chi connectivity index (χ0n) is 16.4. The van der Waals surface area contributed by atoms with Gasteiger partial charge in [-0.05, 0) is 49.4 Å². The number of alkyl carbamates (subject to hydrolysis) is 1. The average molecular weight is 417 g/mol. The van der Waals surface area contributed by atoms with Crippen LogP contribution in [0.2, 0.25) is 5.02 Å². The topological polar surface area (TPSA) is 76.7 Å². The molecule has 154 valence electrons. The van der Waals surface area contributed by atoms with E-state index < -0.39 is 11.7 Å². The molecule has 6 nitrogen and oxygen atoms in total. The van der Waals surface area contributed by atoms with E-state index in [1.54, 1.807) is 6.07 Å². The second-order valence-corrected chi connectivity index (χ2v) is 7.54. The maximum Gasteiger partial charge on any atom is 0.407 e. The number of carbonyl (C=O) groups excluding carboxylic acids is 2. The van der Waals surface area contributed by atoms with Gasteiger partial charge in [-0.2, -0.15) is 0 Å². The molecule has 2 aromatic rings. The van der Waals surface area contributed by atoms with Crippen molar-refractivity contribution in [3.8, 4) is 5.75 Å². The average Bonchev–Trinajstić information content (AvgIpc) is 2.69. The zero-order chi connectivity index (χ0) is 20.7. The van der Waals surface area contributed by atoms with Gasteiger partial charge in [-0.15, -0.1) is 0 Å². The summed E-state index contributed by atoms with van der Waals surface area (Å²) in [5, 5.41) is 5.94. The van der Waals surface area contributed by atoms with Crippen molar-refractivity contribution < 1.29 is 19.1 Å². The summed E-state index contributed by atoms with van der Waals surface area (Å²) in [5.41, 5.74) is 1.03. The maximum absolute atomic E-state index is 12.7. The van der Waals surface area contributed by atoms with Crippen molar-refractivity contribution in [2.24, 2.45) is 0 Å². The molecule has 2 N–H and O–H groups in total.